The highest BCUT2D eigenvalue weighted by Crippen LogP contribution is 2.29. The van der Waals surface area contributed by atoms with Crippen molar-refractivity contribution in [3.8, 4) is 11.6 Å². The second kappa shape index (κ2) is 9.49. The molecule has 3 heterocycles. The number of esters is 1. The van der Waals surface area contributed by atoms with Gasteiger partial charge in [-0.1, -0.05) is 0 Å². The molecule has 3 aromatic rings. The number of rotatable bonds is 5. The summed E-state index contributed by atoms with van der Waals surface area (Å²) in [5.74, 6) is 0.0162. The van der Waals surface area contributed by atoms with Crippen molar-refractivity contribution in [2.24, 2.45) is 5.73 Å². The zero-order chi connectivity index (χ0) is 23.4. The number of aromatic nitrogens is 3. The zero-order valence-electron chi connectivity index (χ0n) is 17.9. The van der Waals surface area contributed by atoms with Crippen molar-refractivity contribution in [2.45, 2.75) is 19.9 Å². The SMILES string of the molecule is CCOC(=O)C(N)=CC(=N)NC(=O)n1ccc2cc(Oc3ncnc4c3CCNC4)ccc21. The number of amidine groups is 1. The molecule has 0 spiro atoms. The van der Waals surface area contributed by atoms with Crippen molar-refractivity contribution in [2.75, 3.05) is 13.2 Å². The number of fused-ring (bicyclic) bond motifs is 2. The summed E-state index contributed by atoms with van der Waals surface area (Å²) in [6.07, 6.45) is 4.88. The van der Waals surface area contributed by atoms with Crippen LogP contribution in [-0.2, 0) is 22.5 Å². The fraction of sp³-hybridized carbons (Fsp3) is 0.227. The number of nitrogens with two attached hydrogens (primary N) is 1. The number of carbonyl (C=O) groups is 2. The van der Waals surface area contributed by atoms with E-state index in [0.29, 0.717) is 23.7 Å². The molecule has 0 radical (unpaired) electrons. The summed E-state index contributed by atoms with van der Waals surface area (Å²) >= 11 is 0. The lowest BCUT2D eigenvalue weighted by Crippen LogP contribution is -2.33. The molecule has 2 aromatic heterocycles. The van der Waals surface area contributed by atoms with Crippen molar-refractivity contribution in [3.63, 3.8) is 0 Å². The van der Waals surface area contributed by atoms with Crippen LogP contribution in [0.1, 0.15) is 18.2 Å². The van der Waals surface area contributed by atoms with Gasteiger partial charge in [-0.15, -0.1) is 0 Å². The van der Waals surface area contributed by atoms with Crippen LogP contribution in [0.3, 0.4) is 0 Å². The number of benzene rings is 1. The molecule has 1 amide bonds. The van der Waals surface area contributed by atoms with Crippen LogP contribution in [0.4, 0.5) is 4.79 Å². The lowest BCUT2D eigenvalue weighted by molar-refractivity contribution is -0.138. The smallest absolute Gasteiger partial charge is 0.354 e. The fourth-order valence-corrected chi connectivity index (χ4v) is 3.46. The molecule has 1 aliphatic rings. The number of hydrogen-bond acceptors (Lipinski definition) is 9. The van der Waals surface area contributed by atoms with Crippen LogP contribution < -0.4 is 21.1 Å². The third kappa shape index (κ3) is 4.83. The van der Waals surface area contributed by atoms with Crippen molar-refractivity contribution in [3.05, 3.63) is 59.8 Å². The summed E-state index contributed by atoms with van der Waals surface area (Å²) < 4.78 is 12.1. The predicted molar refractivity (Wildman–Crippen MR) is 120 cm³/mol. The van der Waals surface area contributed by atoms with E-state index in [2.05, 4.69) is 20.6 Å². The molecule has 0 saturated heterocycles. The molecule has 0 fully saturated rings. The van der Waals surface area contributed by atoms with Crippen LogP contribution in [-0.4, -0.2) is 45.5 Å². The molecule has 0 saturated carbocycles. The van der Waals surface area contributed by atoms with Gasteiger partial charge in [0.25, 0.3) is 0 Å². The number of ether oxygens (including phenoxy) is 2. The fourth-order valence-electron chi connectivity index (χ4n) is 3.46. The Labute approximate surface area is 189 Å². The number of nitrogens with zero attached hydrogens (tertiary/aromatic N) is 3. The van der Waals surface area contributed by atoms with Crippen LogP contribution in [0.25, 0.3) is 10.9 Å². The van der Waals surface area contributed by atoms with E-state index in [4.69, 9.17) is 20.6 Å². The van der Waals surface area contributed by atoms with E-state index in [-0.39, 0.29) is 18.1 Å². The van der Waals surface area contributed by atoms with Gasteiger partial charge in [0.1, 0.15) is 23.6 Å². The Morgan fingerprint density at radius 1 is 1.33 bits per heavy atom. The molecular formula is C22H23N7O4. The summed E-state index contributed by atoms with van der Waals surface area (Å²) in [4.78, 5) is 32.7. The molecule has 33 heavy (non-hydrogen) atoms. The Morgan fingerprint density at radius 3 is 3.00 bits per heavy atom. The molecule has 0 atom stereocenters. The first kappa shape index (κ1) is 22.0. The van der Waals surface area contributed by atoms with Crippen LogP contribution in [0, 0.1) is 5.41 Å². The van der Waals surface area contributed by atoms with Gasteiger partial charge in [-0.25, -0.2) is 19.6 Å². The van der Waals surface area contributed by atoms with E-state index in [1.165, 1.54) is 10.9 Å². The monoisotopic (exact) mass is 449 g/mol. The minimum Gasteiger partial charge on any atom is -0.461 e. The van der Waals surface area contributed by atoms with Crippen molar-refractivity contribution in [1.29, 1.82) is 5.41 Å². The van der Waals surface area contributed by atoms with Gasteiger partial charge in [-0.05, 0) is 44.2 Å². The van der Waals surface area contributed by atoms with E-state index >= 15 is 0 Å². The molecule has 4 rings (SSSR count). The van der Waals surface area contributed by atoms with E-state index in [0.717, 1.165) is 35.7 Å². The molecule has 11 nitrogen and oxygen atoms in total. The van der Waals surface area contributed by atoms with Gasteiger partial charge in [0.2, 0.25) is 5.88 Å². The first-order chi connectivity index (χ1) is 16.0. The Morgan fingerprint density at radius 2 is 2.18 bits per heavy atom. The second-order valence-corrected chi connectivity index (χ2v) is 7.20. The molecule has 11 heteroatoms. The van der Waals surface area contributed by atoms with Crippen LogP contribution in [0.5, 0.6) is 11.6 Å². The Kier molecular flexibility index (Phi) is 6.31. The van der Waals surface area contributed by atoms with Crippen molar-refractivity contribution >= 4 is 28.7 Å². The second-order valence-electron chi connectivity index (χ2n) is 7.20. The highest BCUT2D eigenvalue weighted by Gasteiger charge is 2.17. The molecule has 1 aromatic carbocycles. The maximum absolute atomic E-state index is 12.6. The number of amides is 1. The van der Waals surface area contributed by atoms with E-state index in [1.807, 2.05) is 0 Å². The van der Waals surface area contributed by atoms with E-state index in [9.17, 15) is 9.59 Å². The standard InChI is InChI=1S/C22H23N7O4/c1-2-32-21(30)16(23)10-19(24)28-22(31)29-8-6-13-9-14(3-4-18(13)29)33-20-15-5-7-25-11-17(15)26-12-27-20/h3-4,6,8-10,12,25H,2,5,7,11,23H2,1H3,(H2,24,28,31). The van der Waals surface area contributed by atoms with Crippen LogP contribution in [0.15, 0.2) is 48.6 Å². The third-order valence-corrected chi connectivity index (χ3v) is 4.99. The summed E-state index contributed by atoms with van der Waals surface area (Å²) in [6, 6.07) is 6.47. The Balaban J connectivity index is 1.49. The average Bonchev–Trinajstić information content (AvgIpc) is 3.23. The maximum Gasteiger partial charge on any atom is 0.354 e. The lowest BCUT2D eigenvalue weighted by Gasteiger charge is -2.18. The first-order valence-corrected chi connectivity index (χ1v) is 10.3. The van der Waals surface area contributed by atoms with Gasteiger partial charge in [0, 0.05) is 29.8 Å². The van der Waals surface area contributed by atoms with Crippen LogP contribution >= 0.6 is 0 Å². The molecule has 5 N–H and O–H groups in total. The maximum atomic E-state index is 12.6. The van der Waals surface area contributed by atoms with E-state index < -0.39 is 12.0 Å². The highest BCUT2D eigenvalue weighted by atomic mass is 16.5. The topological polar surface area (TPSA) is 157 Å². The molecule has 1 aliphatic heterocycles. The third-order valence-electron chi connectivity index (χ3n) is 4.99. The first-order valence-electron chi connectivity index (χ1n) is 10.3. The summed E-state index contributed by atoms with van der Waals surface area (Å²) in [6.45, 7) is 3.32. The van der Waals surface area contributed by atoms with Gasteiger partial charge in [-0.2, -0.15) is 0 Å². The van der Waals surface area contributed by atoms with Gasteiger partial charge >= 0.3 is 12.0 Å². The minimum absolute atomic E-state index is 0.158. The molecule has 170 valence electrons. The zero-order valence-corrected chi connectivity index (χ0v) is 17.9. The van der Waals surface area contributed by atoms with Crippen molar-refractivity contribution in [1.82, 2.24) is 25.2 Å². The highest BCUT2D eigenvalue weighted by molar-refractivity contribution is 6.07. The Hall–Kier alpha value is -4.25. The van der Waals surface area contributed by atoms with Gasteiger partial charge in [0.05, 0.1) is 17.8 Å². The quantitative estimate of drug-likeness (QED) is 0.199. The van der Waals surface area contributed by atoms with Gasteiger partial charge < -0.3 is 20.5 Å². The molecule has 0 aliphatic carbocycles. The summed E-state index contributed by atoms with van der Waals surface area (Å²) in [7, 11) is 0. The predicted octanol–water partition coefficient (Wildman–Crippen LogP) is 1.81. The van der Waals surface area contributed by atoms with Crippen LogP contribution in [0.2, 0.25) is 0 Å². The number of carbonyl (C=O) groups excluding carboxylic acids is 2. The largest absolute Gasteiger partial charge is 0.461 e. The molecular weight excluding hydrogens is 426 g/mol. The minimum atomic E-state index is -0.753. The normalized spacial score (nSPS) is 13.3. The van der Waals surface area contributed by atoms with Gasteiger partial charge in [0.15, 0.2) is 0 Å². The van der Waals surface area contributed by atoms with Gasteiger partial charge in [-0.3, -0.25) is 15.3 Å². The number of nitrogens with one attached hydrogen (secondary N) is 3. The Bertz CT molecular complexity index is 1260. The number of hydrogen-bond donors (Lipinski definition) is 4. The average molecular weight is 449 g/mol. The van der Waals surface area contributed by atoms with Crippen molar-refractivity contribution < 1.29 is 19.1 Å². The summed E-state index contributed by atoms with van der Waals surface area (Å²) in [5.41, 5.74) is 7.83. The van der Waals surface area contributed by atoms with E-state index in [1.54, 1.807) is 37.4 Å². The molecule has 0 unspecified atom stereocenters. The lowest BCUT2D eigenvalue weighted by atomic mass is 10.1. The summed E-state index contributed by atoms with van der Waals surface area (Å²) in [5, 5.41) is 14.3. The molecule has 0 bridgehead atoms.